The fourth-order valence-electron chi connectivity index (χ4n) is 2.98. The fourth-order valence-corrected chi connectivity index (χ4v) is 3.38. The summed E-state index contributed by atoms with van der Waals surface area (Å²) in [5.74, 6) is 2.19. The predicted octanol–water partition coefficient (Wildman–Crippen LogP) is 1.18. The van der Waals surface area contributed by atoms with E-state index in [2.05, 4.69) is 44.0 Å². The summed E-state index contributed by atoms with van der Waals surface area (Å²) in [6.07, 6.45) is 1.99. The third kappa shape index (κ3) is 3.59. The third-order valence-corrected chi connectivity index (χ3v) is 4.68. The summed E-state index contributed by atoms with van der Waals surface area (Å²) in [4.78, 5) is 7.34. The molecule has 2 N–H and O–H groups in total. The molecule has 0 saturated carbocycles. The van der Waals surface area contributed by atoms with Gasteiger partial charge in [0, 0.05) is 16.1 Å². The van der Waals surface area contributed by atoms with Crippen molar-refractivity contribution in [1.29, 1.82) is 0 Å². The largest absolute Gasteiger partial charge is 0.496 e. The van der Waals surface area contributed by atoms with E-state index in [0.717, 1.165) is 42.9 Å². The first kappa shape index (κ1) is 15.3. The smallest absolute Gasteiger partial charge is 0.274 e. The van der Waals surface area contributed by atoms with Crippen molar-refractivity contribution < 1.29 is 14.6 Å². The molecular weight excluding hydrogens is 342 g/mol. The number of hydrogen-bond donors (Lipinski definition) is 1. The molecule has 4 nitrogen and oxygen atoms in total. The number of anilines is 1. The molecule has 0 amide bonds. The van der Waals surface area contributed by atoms with E-state index in [-0.39, 0.29) is 0 Å². The highest BCUT2D eigenvalue weighted by Crippen LogP contribution is 2.22. The zero-order valence-electron chi connectivity index (χ0n) is 12.8. The van der Waals surface area contributed by atoms with Crippen LogP contribution in [0.3, 0.4) is 0 Å². The van der Waals surface area contributed by atoms with Crippen molar-refractivity contribution >= 4 is 21.7 Å². The molecule has 1 fully saturated rings. The maximum absolute atomic E-state index is 5.48. The van der Waals surface area contributed by atoms with Crippen LogP contribution in [0.1, 0.15) is 5.56 Å². The van der Waals surface area contributed by atoms with E-state index in [1.54, 1.807) is 12.0 Å². The molecule has 2 aromatic rings. The van der Waals surface area contributed by atoms with Gasteiger partial charge in [-0.1, -0.05) is 22.0 Å². The van der Waals surface area contributed by atoms with Crippen LogP contribution in [0.4, 0.5) is 5.82 Å². The van der Waals surface area contributed by atoms with Gasteiger partial charge in [0.05, 0.1) is 13.3 Å². The van der Waals surface area contributed by atoms with Crippen LogP contribution >= 0.6 is 15.9 Å². The first-order chi connectivity index (χ1) is 10.8. The van der Waals surface area contributed by atoms with Crippen molar-refractivity contribution in [1.82, 2.24) is 0 Å². The number of pyridine rings is 1. The van der Waals surface area contributed by atoms with Gasteiger partial charge in [-0.25, -0.2) is 4.98 Å². The van der Waals surface area contributed by atoms with Crippen LogP contribution < -0.4 is 19.5 Å². The highest BCUT2D eigenvalue weighted by Gasteiger charge is 2.26. The number of benzene rings is 1. The number of piperazine rings is 1. The van der Waals surface area contributed by atoms with Crippen LogP contribution in [0, 0.1) is 0 Å². The average Bonchev–Trinajstić information content (AvgIpc) is 2.57. The summed E-state index contributed by atoms with van der Waals surface area (Å²) in [5, 5.41) is 0. The van der Waals surface area contributed by atoms with Gasteiger partial charge in [0.25, 0.3) is 5.82 Å². The third-order valence-electron chi connectivity index (χ3n) is 4.19. The first-order valence-electron chi connectivity index (χ1n) is 7.64. The normalized spacial score (nSPS) is 15.8. The van der Waals surface area contributed by atoms with Crippen LogP contribution in [0.2, 0.25) is 0 Å². The minimum Gasteiger partial charge on any atom is -0.496 e. The number of nitrogens with zero attached hydrogens (tertiary/aromatic N) is 1. The zero-order valence-corrected chi connectivity index (χ0v) is 14.4. The SMILES string of the molecule is COc1ccc(Br)cc1C[NH+]1CCN(c2cccc[nH+]2)CC1. The lowest BCUT2D eigenvalue weighted by Crippen LogP contribution is -3.13. The second-order valence-corrected chi connectivity index (χ2v) is 6.53. The van der Waals surface area contributed by atoms with E-state index in [0.29, 0.717) is 0 Å². The Labute approximate surface area is 139 Å². The molecule has 0 atom stereocenters. The number of aromatic nitrogens is 1. The number of quaternary nitrogens is 1. The predicted molar refractivity (Wildman–Crippen MR) is 90.3 cm³/mol. The van der Waals surface area contributed by atoms with Gasteiger partial charge in [-0.05, 0) is 24.3 Å². The van der Waals surface area contributed by atoms with Crippen LogP contribution in [-0.2, 0) is 6.54 Å². The van der Waals surface area contributed by atoms with E-state index in [1.165, 1.54) is 11.4 Å². The van der Waals surface area contributed by atoms with Gasteiger partial charge < -0.3 is 9.64 Å². The standard InChI is InChI=1S/C17H20BrN3O/c1-22-16-6-5-15(18)12-14(16)13-20-8-10-21(11-9-20)17-4-2-3-7-19-17/h2-7,12H,8-11,13H2,1H3/p+2. The molecular formula is C17H22BrN3O+2. The van der Waals surface area contributed by atoms with Crippen LogP contribution in [0.15, 0.2) is 47.1 Å². The molecule has 0 aliphatic carbocycles. The maximum Gasteiger partial charge on any atom is 0.274 e. The molecule has 0 radical (unpaired) electrons. The molecule has 2 heterocycles. The number of rotatable bonds is 4. The van der Waals surface area contributed by atoms with Gasteiger partial charge in [-0.3, -0.25) is 4.90 Å². The Hall–Kier alpha value is -1.59. The lowest BCUT2D eigenvalue weighted by atomic mass is 10.1. The molecule has 1 aromatic heterocycles. The lowest BCUT2D eigenvalue weighted by molar-refractivity contribution is -0.914. The van der Waals surface area contributed by atoms with Gasteiger partial charge >= 0.3 is 0 Å². The Morgan fingerprint density at radius 2 is 2.05 bits per heavy atom. The Bertz CT molecular complexity index is 613. The fraction of sp³-hybridized carbons (Fsp3) is 0.353. The van der Waals surface area contributed by atoms with Crippen molar-refractivity contribution in [3.8, 4) is 5.75 Å². The summed E-state index contributed by atoms with van der Waals surface area (Å²) in [7, 11) is 1.74. The van der Waals surface area contributed by atoms with Gasteiger partial charge in [0.15, 0.2) is 0 Å². The Morgan fingerprint density at radius 3 is 2.73 bits per heavy atom. The average molecular weight is 364 g/mol. The highest BCUT2D eigenvalue weighted by molar-refractivity contribution is 9.10. The lowest BCUT2D eigenvalue weighted by Gasteiger charge is -2.28. The van der Waals surface area contributed by atoms with E-state index < -0.39 is 0 Å². The maximum atomic E-state index is 5.48. The first-order valence-corrected chi connectivity index (χ1v) is 8.43. The van der Waals surface area contributed by atoms with E-state index in [4.69, 9.17) is 4.74 Å². The Balaban J connectivity index is 1.62. The van der Waals surface area contributed by atoms with Gasteiger partial charge in [0.2, 0.25) is 0 Å². The minimum absolute atomic E-state index is 0.981. The van der Waals surface area contributed by atoms with Gasteiger partial charge in [-0.2, -0.15) is 0 Å². The molecule has 0 bridgehead atoms. The highest BCUT2D eigenvalue weighted by atomic mass is 79.9. The summed E-state index contributed by atoms with van der Waals surface area (Å²) >= 11 is 3.55. The van der Waals surface area contributed by atoms with Crippen molar-refractivity contribution in [3.63, 3.8) is 0 Å². The molecule has 1 aromatic carbocycles. The van der Waals surface area contributed by atoms with Crippen molar-refractivity contribution in [3.05, 3.63) is 52.6 Å². The zero-order chi connectivity index (χ0) is 15.4. The second kappa shape index (κ2) is 7.11. The van der Waals surface area contributed by atoms with Gasteiger partial charge in [0.1, 0.15) is 38.5 Å². The number of aromatic amines is 1. The summed E-state index contributed by atoms with van der Waals surface area (Å²) in [5.41, 5.74) is 1.27. The van der Waals surface area contributed by atoms with Crippen LogP contribution in [0.5, 0.6) is 5.75 Å². The number of hydrogen-bond acceptors (Lipinski definition) is 2. The quantitative estimate of drug-likeness (QED) is 0.884. The Kier molecular flexibility index (Phi) is 4.95. The minimum atomic E-state index is 0.981. The van der Waals surface area contributed by atoms with E-state index in [1.807, 2.05) is 24.4 Å². The topological polar surface area (TPSA) is 31.1 Å². The van der Waals surface area contributed by atoms with E-state index in [9.17, 15) is 0 Å². The summed E-state index contributed by atoms with van der Waals surface area (Å²) in [6, 6.07) is 12.5. The number of halogens is 1. The number of ether oxygens (including phenoxy) is 1. The molecule has 22 heavy (non-hydrogen) atoms. The molecule has 1 aliphatic heterocycles. The molecule has 3 rings (SSSR count). The molecule has 5 heteroatoms. The number of nitrogens with one attached hydrogen (secondary N) is 2. The molecule has 0 spiro atoms. The van der Waals surface area contributed by atoms with E-state index >= 15 is 0 Å². The monoisotopic (exact) mass is 363 g/mol. The Morgan fingerprint density at radius 1 is 1.23 bits per heavy atom. The molecule has 116 valence electrons. The second-order valence-electron chi connectivity index (χ2n) is 5.62. The van der Waals surface area contributed by atoms with Crippen molar-refractivity contribution in [2.24, 2.45) is 0 Å². The molecule has 0 unspecified atom stereocenters. The van der Waals surface area contributed by atoms with Crippen molar-refractivity contribution in [2.45, 2.75) is 6.54 Å². The number of methoxy groups -OCH3 is 1. The molecule has 1 aliphatic rings. The number of H-pyrrole nitrogens is 1. The molecule has 1 saturated heterocycles. The van der Waals surface area contributed by atoms with Crippen molar-refractivity contribution in [2.75, 3.05) is 38.2 Å². The summed E-state index contributed by atoms with van der Waals surface area (Å²) < 4.78 is 6.59. The van der Waals surface area contributed by atoms with Gasteiger partial charge in [-0.15, -0.1) is 0 Å². The summed E-state index contributed by atoms with van der Waals surface area (Å²) in [6.45, 7) is 5.43. The van der Waals surface area contributed by atoms with Crippen LogP contribution in [-0.4, -0.2) is 33.3 Å². The van der Waals surface area contributed by atoms with Crippen LogP contribution in [0.25, 0.3) is 0 Å².